The molecule has 0 spiro atoms. The van der Waals surface area contributed by atoms with Gasteiger partial charge in [0, 0.05) is 6.42 Å². The van der Waals surface area contributed by atoms with Gasteiger partial charge in [0.15, 0.2) is 6.10 Å². The van der Waals surface area contributed by atoms with Gasteiger partial charge in [-0.3, -0.25) is 4.79 Å². The molecule has 1 rings (SSSR count). The summed E-state index contributed by atoms with van der Waals surface area (Å²) < 4.78 is 10.4. The number of carbonyl (C=O) groups is 1. The maximum absolute atomic E-state index is 12.0. The number of ether oxygens (including phenoxy) is 2. The van der Waals surface area contributed by atoms with Gasteiger partial charge in [0.05, 0.1) is 13.2 Å². The molecule has 0 bridgehead atoms. The predicted molar refractivity (Wildman–Crippen MR) is 146 cm³/mol. The lowest BCUT2D eigenvalue weighted by molar-refractivity contribution is -0.163. The quantitative estimate of drug-likeness (QED) is 0.105. The van der Waals surface area contributed by atoms with Crippen LogP contribution in [-0.2, 0) is 14.3 Å². The van der Waals surface area contributed by atoms with Crippen molar-refractivity contribution in [1.82, 2.24) is 0 Å². The van der Waals surface area contributed by atoms with Crippen LogP contribution in [0.4, 0.5) is 0 Å². The third-order valence-electron chi connectivity index (χ3n) is 7.46. The maximum atomic E-state index is 12.0. The Bertz CT molecular complexity index is 500. The third-order valence-corrected chi connectivity index (χ3v) is 7.46. The van der Waals surface area contributed by atoms with Crippen molar-refractivity contribution in [3.05, 3.63) is 0 Å². The molecule has 0 radical (unpaired) electrons. The van der Waals surface area contributed by atoms with Crippen LogP contribution < -0.4 is 0 Å². The molecule has 36 heavy (non-hydrogen) atoms. The van der Waals surface area contributed by atoms with Crippen LogP contribution in [0.5, 0.6) is 0 Å². The van der Waals surface area contributed by atoms with Crippen molar-refractivity contribution in [2.45, 2.75) is 173 Å². The van der Waals surface area contributed by atoms with E-state index in [2.05, 4.69) is 6.92 Å². The second-order valence-corrected chi connectivity index (χ2v) is 10.9. The molecule has 1 fully saturated rings. The van der Waals surface area contributed by atoms with Crippen molar-refractivity contribution >= 4 is 5.97 Å². The number of carbonyl (C=O) groups excluding carboxylic acids is 1. The van der Waals surface area contributed by atoms with E-state index in [9.17, 15) is 20.1 Å². The molecule has 0 aromatic carbocycles. The molecule has 0 amide bonds. The van der Waals surface area contributed by atoms with E-state index in [1.54, 1.807) is 0 Å². The Kier molecular flexibility index (Phi) is 21.7. The Balaban J connectivity index is 1.80. The lowest BCUT2D eigenvalue weighted by Gasteiger charge is -2.24. The first-order chi connectivity index (χ1) is 17.6. The highest BCUT2D eigenvalue weighted by Gasteiger charge is 2.36. The predicted octanol–water partition coefficient (Wildman–Crippen LogP) is 6.61. The average Bonchev–Trinajstić information content (AvgIpc) is 2.98. The minimum absolute atomic E-state index is 0.0136. The Morgan fingerprint density at radius 2 is 1.00 bits per heavy atom. The summed E-state index contributed by atoms with van der Waals surface area (Å²) in [4.78, 5) is 12.0. The van der Waals surface area contributed by atoms with Gasteiger partial charge in [-0.2, -0.15) is 0 Å². The molecule has 0 unspecified atom stereocenters. The summed E-state index contributed by atoms with van der Waals surface area (Å²) in [6.07, 6.45) is 23.3. The highest BCUT2D eigenvalue weighted by Crippen LogP contribution is 2.17. The smallest absolute Gasteiger partial charge is 0.306 e. The van der Waals surface area contributed by atoms with Gasteiger partial charge in [-0.05, 0) is 6.42 Å². The van der Waals surface area contributed by atoms with Gasteiger partial charge in [-0.1, -0.05) is 135 Å². The number of aliphatic hydroxyl groups excluding tert-OH is 3. The molecule has 3 N–H and O–H groups in total. The number of aliphatic hydroxyl groups is 3. The molecule has 1 aliphatic rings. The summed E-state index contributed by atoms with van der Waals surface area (Å²) in [5.41, 5.74) is 0. The van der Waals surface area contributed by atoms with Crippen LogP contribution in [0.2, 0.25) is 0 Å². The highest BCUT2D eigenvalue weighted by atomic mass is 16.6. The van der Waals surface area contributed by atoms with Gasteiger partial charge < -0.3 is 24.8 Å². The first-order valence-corrected chi connectivity index (χ1v) is 15.4. The summed E-state index contributed by atoms with van der Waals surface area (Å²) >= 11 is 0. The fourth-order valence-electron chi connectivity index (χ4n) is 4.98. The lowest BCUT2D eigenvalue weighted by Crippen LogP contribution is -2.45. The first kappa shape index (κ1) is 33.3. The van der Waals surface area contributed by atoms with Gasteiger partial charge in [0.2, 0.25) is 0 Å². The molecule has 214 valence electrons. The Hall–Kier alpha value is -0.690. The third kappa shape index (κ3) is 17.7. The summed E-state index contributed by atoms with van der Waals surface area (Å²) in [5, 5.41) is 29.4. The van der Waals surface area contributed by atoms with Crippen molar-refractivity contribution < 1.29 is 29.6 Å². The van der Waals surface area contributed by atoms with E-state index in [0.717, 1.165) is 19.3 Å². The fraction of sp³-hybridized carbons (Fsp3) is 0.967. The summed E-state index contributed by atoms with van der Waals surface area (Å²) in [6, 6.07) is 0. The molecule has 1 aliphatic heterocycles. The number of rotatable bonds is 23. The van der Waals surface area contributed by atoms with Crippen LogP contribution in [0.1, 0.15) is 148 Å². The van der Waals surface area contributed by atoms with E-state index in [0.29, 0.717) is 6.42 Å². The second-order valence-electron chi connectivity index (χ2n) is 10.9. The van der Waals surface area contributed by atoms with Crippen molar-refractivity contribution in [3.63, 3.8) is 0 Å². The Morgan fingerprint density at radius 3 is 1.42 bits per heavy atom. The molecule has 1 saturated heterocycles. The van der Waals surface area contributed by atoms with Gasteiger partial charge in [-0.25, -0.2) is 0 Å². The largest absolute Gasteiger partial charge is 0.457 e. The van der Waals surface area contributed by atoms with Crippen LogP contribution in [0.3, 0.4) is 0 Å². The topological polar surface area (TPSA) is 96.2 Å². The number of hydrogen-bond donors (Lipinski definition) is 3. The molecule has 1 heterocycles. The molecule has 6 heteroatoms. The highest BCUT2D eigenvalue weighted by molar-refractivity contribution is 5.69. The molecule has 0 saturated carbocycles. The van der Waals surface area contributed by atoms with E-state index >= 15 is 0 Å². The number of unbranched alkanes of at least 4 members (excludes halogenated alkanes) is 20. The lowest BCUT2D eigenvalue weighted by atomic mass is 10.0. The van der Waals surface area contributed by atoms with Crippen molar-refractivity contribution in [1.29, 1.82) is 0 Å². The summed E-state index contributed by atoms with van der Waals surface area (Å²) in [6.45, 7) is 2.19. The van der Waals surface area contributed by atoms with E-state index < -0.39 is 24.4 Å². The minimum Gasteiger partial charge on any atom is -0.457 e. The normalized spacial score (nSPS) is 22.4. The standard InChI is InChI=1S/C30H58O6/c1-2-3-4-5-6-7-8-9-10-11-12-13-14-15-16-17-18-19-20-21-22-23-28(32)36-27-25-35-24-26(31)29(33)30(27)34/h26-27,29-31,33-34H,2-25H2,1H3/t26-,27-,29-,30-/m1/s1. The van der Waals surface area contributed by atoms with Crippen molar-refractivity contribution in [2.24, 2.45) is 0 Å². The Morgan fingerprint density at radius 1 is 0.611 bits per heavy atom. The number of hydrogen-bond acceptors (Lipinski definition) is 6. The molecular formula is C30H58O6. The molecular weight excluding hydrogens is 456 g/mol. The van der Waals surface area contributed by atoms with Gasteiger partial charge in [-0.15, -0.1) is 0 Å². The summed E-state index contributed by atoms with van der Waals surface area (Å²) in [5.74, 6) is -0.385. The van der Waals surface area contributed by atoms with E-state index in [4.69, 9.17) is 9.47 Å². The summed E-state index contributed by atoms with van der Waals surface area (Å²) in [7, 11) is 0. The zero-order valence-corrected chi connectivity index (χ0v) is 23.3. The average molecular weight is 515 g/mol. The van der Waals surface area contributed by atoms with Crippen LogP contribution in [0.25, 0.3) is 0 Å². The second kappa shape index (κ2) is 23.4. The first-order valence-electron chi connectivity index (χ1n) is 15.4. The van der Waals surface area contributed by atoms with Crippen molar-refractivity contribution in [2.75, 3.05) is 13.2 Å². The van der Waals surface area contributed by atoms with Gasteiger partial charge in [0.1, 0.15) is 18.3 Å². The van der Waals surface area contributed by atoms with Crippen molar-refractivity contribution in [3.8, 4) is 0 Å². The van der Waals surface area contributed by atoms with Crippen LogP contribution in [0, 0.1) is 0 Å². The number of esters is 1. The fourth-order valence-corrected chi connectivity index (χ4v) is 4.98. The minimum atomic E-state index is -1.37. The van der Waals surface area contributed by atoms with Crippen LogP contribution in [-0.4, -0.2) is 58.9 Å². The van der Waals surface area contributed by atoms with E-state index in [1.165, 1.54) is 116 Å². The van der Waals surface area contributed by atoms with Crippen LogP contribution >= 0.6 is 0 Å². The zero-order valence-electron chi connectivity index (χ0n) is 23.3. The van der Waals surface area contributed by atoms with Crippen LogP contribution in [0.15, 0.2) is 0 Å². The van der Waals surface area contributed by atoms with E-state index in [1.807, 2.05) is 0 Å². The van der Waals surface area contributed by atoms with Gasteiger partial charge in [0.25, 0.3) is 0 Å². The van der Waals surface area contributed by atoms with E-state index in [-0.39, 0.29) is 19.2 Å². The molecule has 0 aliphatic carbocycles. The zero-order chi connectivity index (χ0) is 26.3. The molecule has 6 nitrogen and oxygen atoms in total. The van der Waals surface area contributed by atoms with Gasteiger partial charge >= 0.3 is 5.97 Å². The SMILES string of the molecule is CCCCCCCCCCCCCCCCCCCCCCCC(=O)O[C@@H]1COC[C@@H](O)[C@@H](O)[C@@H]1O. The molecule has 0 aromatic heterocycles. The maximum Gasteiger partial charge on any atom is 0.306 e. The monoisotopic (exact) mass is 514 g/mol. The Labute approximate surface area is 221 Å². The molecule has 4 atom stereocenters. The molecule has 0 aromatic rings.